The van der Waals surface area contributed by atoms with E-state index in [2.05, 4.69) is 22.4 Å². The molecule has 2 aliphatic rings. The van der Waals surface area contributed by atoms with Gasteiger partial charge < -0.3 is 5.32 Å². The van der Waals surface area contributed by atoms with Gasteiger partial charge in [-0.1, -0.05) is 36.4 Å². The smallest absolute Gasteiger partial charge is 0.244 e. The van der Waals surface area contributed by atoms with Crippen molar-refractivity contribution in [2.45, 2.75) is 50.7 Å². The molecule has 4 heteroatoms. The van der Waals surface area contributed by atoms with Gasteiger partial charge in [-0.2, -0.15) is 5.26 Å². The number of nitriles is 1. The molecule has 4 rings (SSSR count). The fourth-order valence-electron chi connectivity index (χ4n) is 4.53. The molecule has 0 radical (unpaired) electrons. The van der Waals surface area contributed by atoms with E-state index in [1.165, 1.54) is 11.1 Å². The average Bonchev–Trinajstić information content (AvgIpc) is 2.78. The van der Waals surface area contributed by atoms with Crippen molar-refractivity contribution in [3.05, 3.63) is 76.9 Å². The molecule has 2 aromatic rings. The molecule has 1 fully saturated rings. The minimum atomic E-state index is -0.00626. The van der Waals surface area contributed by atoms with Gasteiger partial charge in [-0.25, -0.2) is 0 Å². The molecular weight excluding hydrogens is 358 g/mol. The van der Waals surface area contributed by atoms with Crippen molar-refractivity contribution in [2.75, 3.05) is 6.54 Å². The highest BCUT2D eigenvalue weighted by atomic mass is 16.1. The van der Waals surface area contributed by atoms with Crippen molar-refractivity contribution in [3.63, 3.8) is 0 Å². The third-order valence-corrected chi connectivity index (χ3v) is 6.16. The SMILES string of the molecule is N#Cc1ccc2c(c1)CN(C1CCC(NC(=O)/C=C/c3ccccc3)CC1)CC2. The van der Waals surface area contributed by atoms with E-state index in [-0.39, 0.29) is 11.9 Å². The number of fused-ring (bicyclic) bond motifs is 1. The van der Waals surface area contributed by atoms with Crippen LogP contribution in [0.5, 0.6) is 0 Å². The van der Waals surface area contributed by atoms with Gasteiger partial charge in [-0.05, 0) is 67.0 Å². The predicted molar refractivity (Wildman–Crippen MR) is 115 cm³/mol. The molecule has 0 unspecified atom stereocenters. The molecule has 2 aromatic carbocycles. The summed E-state index contributed by atoms with van der Waals surface area (Å²) in [6.07, 6.45) is 8.83. The van der Waals surface area contributed by atoms with Crippen LogP contribution >= 0.6 is 0 Å². The lowest BCUT2D eigenvalue weighted by Crippen LogP contribution is -2.45. The summed E-state index contributed by atoms with van der Waals surface area (Å²) in [6.45, 7) is 2.02. The van der Waals surface area contributed by atoms with Crippen LogP contribution in [-0.2, 0) is 17.8 Å². The Morgan fingerprint density at radius 1 is 1.07 bits per heavy atom. The van der Waals surface area contributed by atoms with Crippen LogP contribution in [0.2, 0.25) is 0 Å². The van der Waals surface area contributed by atoms with Crippen LogP contribution in [-0.4, -0.2) is 29.4 Å². The number of rotatable bonds is 4. The highest BCUT2D eigenvalue weighted by molar-refractivity contribution is 5.91. The second kappa shape index (κ2) is 9.07. The van der Waals surface area contributed by atoms with Crippen LogP contribution in [0.3, 0.4) is 0 Å². The van der Waals surface area contributed by atoms with Crippen molar-refractivity contribution in [1.29, 1.82) is 5.26 Å². The molecule has 4 nitrogen and oxygen atoms in total. The quantitative estimate of drug-likeness (QED) is 0.808. The van der Waals surface area contributed by atoms with Crippen molar-refractivity contribution < 1.29 is 4.79 Å². The van der Waals surface area contributed by atoms with E-state index in [0.29, 0.717) is 6.04 Å². The summed E-state index contributed by atoms with van der Waals surface area (Å²) in [5, 5.41) is 12.3. The third kappa shape index (κ3) is 4.93. The molecule has 0 saturated heterocycles. The number of benzene rings is 2. The standard InChI is InChI=1S/C25H27N3O/c26-17-20-6-8-21-14-15-28(18-22(21)16-20)24-11-9-23(10-12-24)27-25(29)13-7-19-4-2-1-3-5-19/h1-8,13,16,23-24H,9-12,14-15,18H2,(H,27,29)/b13-7+. The summed E-state index contributed by atoms with van der Waals surface area (Å²) >= 11 is 0. The Kier molecular flexibility index (Phi) is 6.07. The minimum Gasteiger partial charge on any atom is -0.350 e. The molecule has 0 atom stereocenters. The topological polar surface area (TPSA) is 56.1 Å². The van der Waals surface area contributed by atoms with E-state index < -0.39 is 0 Å². The fraction of sp³-hybridized carbons (Fsp3) is 0.360. The molecule has 0 spiro atoms. The molecule has 1 N–H and O–H groups in total. The minimum absolute atomic E-state index is 0.00626. The van der Waals surface area contributed by atoms with Crippen molar-refractivity contribution >= 4 is 12.0 Å². The highest BCUT2D eigenvalue weighted by Gasteiger charge is 2.28. The first-order valence-corrected chi connectivity index (χ1v) is 10.5. The van der Waals surface area contributed by atoms with E-state index in [1.54, 1.807) is 6.08 Å². The predicted octanol–water partition coefficient (Wildman–Crippen LogP) is 4.06. The fourth-order valence-corrected chi connectivity index (χ4v) is 4.53. The number of hydrogen-bond acceptors (Lipinski definition) is 3. The van der Waals surface area contributed by atoms with E-state index in [0.717, 1.165) is 56.3 Å². The van der Waals surface area contributed by atoms with Crippen LogP contribution in [0, 0.1) is 11.3 Å². The summed E-state index contributed by atoms with van der Waals surface area (Å²) in [4.78, 5) is 14.8. The number of hydrogen-bond donors (Lipinski definition) is 1. The summed E-state index contributed by atoms with van der Waals surface area (Å²) in [5.41, 5.74) is 4.47. The first-order chi connectivity index (χ1) is 14.2. The van der Waals surface area contributed by atoms with Gasteiger partial charge >= 0.3 is 0 Å². The lowest BCUT2D eigenvalue weighted by atomic mass is 9.88. The van der Waals surface area contributed by atoms with Gasteiger partial charge in [-0.15, -0.1) is 0 Å². The summed E-state index contributed by atoms with van der Waals surface area (Å²) < 4.78 is 0. The van der Waals surface area contributed by atoms with E-state index in [1.807, 2.05) is 48.5 Å². The molecule has 1 aliphatic carbocycles. The van der Waals surface area contributed by atoms with Crippen LogP contribution in [0.25, 0.3) is 6.08 Å². The zero-order chi connectivity index (χ0) is 20.1. The maximum Gasteiger partial charge on any atom is 0.244 e. The average molecular weight is 386 g/mol. The van der Waals surface area contributed by atoms with Crippen molar-refractivity contribution in [1.82, 2.24) is 10.2 Å². The van der Waals surface area contributed by atoms with Gasteiger partial charge in [0.05, 0.1) is 11.6 Å². The van der Waals surface area contributed by atoms with Crippen LogP contribution < -0.4 is 5.32 Å². The van der Waals surface area contributed by atoms with Gasteiger partial charge in [0, 0.05) is 31.2 Å². The number of nitrogens with zero attached hydrogens (tertiary/aromatic N) is 2. The first kappa shape index (κ1) is 19.4. The zero-order valence-electron chi connectivity index (χ0n) is 16.7. The number of carbonyl (C=O) groups excluding carboxylic acids is 1. The number of carbonyl (C=O) groups is 1. The normalized spacial score (nSPS) is 22.0. The van der Waals surface area contributed by atoms with Crippen LogP contribution in [0.1, 0.15) is 47.9 Å². The Balaban J connectivity index is 1.27. The monoisotopic (exact) mass is 385 g/mol. The van der Waals surface area contributed by atoms with Crippen LogP contribution in [0.15, 0.2) is 54.6 Å². The van der Waals surface area contributed by atoms with Gasteiger partial charge in [0.25, 0.3) is 0 Å². The van der Waals surface area contributed by atoms with Gasteiger partial charge in [0.1, 0.15) is 0 Å². The Hall–Kier alpha value is -2.90. The zero-order valence-corrected chi connectivity index (χ0v) is 16.7. The highest BCUT2D eigenvalue weighted by Crippen LogP contribution is 2.28. The second-order valence-electron chi connectivity index (χ2n) is 8.07. The summed E-state index contributed by atoms with van der Waals surface area (Å²) in [6, 6.07) is 19.1. The Morgan fingerprint density at radius 3 is 2.62 bits per heavy atom. The molecule has 1 aliphatic heterocycles. The van der Waals surface area contributed by atoms with E-state index in [4.69, 9.17) is 5.26 Å². The maximum atomic E-state index is 12.2. The second-order valence-corrected chi connectivity index (χ2v) is 8.07. The Labute approximate surface area is 172 Å². The maximum absolute atomic E-state index is 12.2. The van der Waals surface area contributed by atoms with Crippen molar-refractivity contribution in [3.8, 4) is 6.07 Å². The number of amides is 1. The van der Waals surface area contributed by atoms with Gasteiger partial charge in [0.2, 0.25) is 5.91 Å². The van der Waals surface area contributed by atoms with Gasteiger partial charge in [-0.3, -0.25) is 9.69 Å². The summed E-state index contributed by atoms with van der Waals surface area (Å²) in [7, 11) is 0. The van der Waals surface area contributed by atoms with E-state index in [9.17, 15) is 4.79 Å². The molecule has 1 heterocycles. The van der Waals surface area contributed by atoms with Crippen LogP contribution in [0.4, 0.5) is 0 Å². The molecule has 1 amide bonds. The molecule has 148 valence electrons. The lowest BCUT2D eigenvalue weighted by molar-refractivity contribution is -0.117. The molecule has 1 saturated carbocycles. The summed E-state index contributed by atoms with van der Waals surface area (Å²) in [5.74, 6) is -0.00626. The Bertz CT molecular complexity index is 921. The molecule has 0 aromatic heterocycles. The third-order valence-electron chi connectivity index (χ3n) is 6.16. The molecular formula is C25H27N3O. The van der Waals surface area contributed by atoms with Gasteiger partial charge in [0.15, 0.2) is 0 Å². The van der Waals surface area contributed by atoms with E-state index >= 15 is 0 Å². The Morgan fingerprint density at radius 2 is 1.86 bits per heavy atom. The lowest BCUT2D eigenvalue weighted by Gasteiger charge is -2.39. The number of nitrogens with one attached hydrogen (secondary N) is 1. The first-order valence-electron chi connectivity index (χ1n) is 10.5. The molecule has 0 bridgehead atoms. The largest absolute Gasteiger partial charge is 0.350 e. The van der Waals surface area contributed by atoms with Crippen molar-refractivity contribution in [2.24, 2.45) is 0 Å². The molecule has 29 heavy (non-hydrogen) atoms.